The third-order valence-corrected chi connectivity index (χ3v) is 4.53. The number of nitrogens with zero attached hydrogens (tertiary/aromatic N) is 1. The summed E-state index contributed by atoms with van der Waals surface area (Å²) < 4.78 is 1.41. The van der Waals surface area contributed by atoms with Crippen molar-refractivity contribution in [2.45, 2.75) is 0 Å². The Labute approximate surface area is 90.6 Å². The van der Waals surface area contributed by atoms with Gasteiger partial charge in [-0.15, -0.1) is 0 Å². The Balaban J connectivity index is 2.83. The van der Waals surface area contributed by atoms with Gasteiger partial charge in [0.1, 0.15) is 11.3 Å². The highest BCUT2D eigenvalue weighted by atomic mass is 32.9. The van der Waals surface area contributed by atoms with Crippen molar-refractivity contribution in [2.24, 2.45) is 5.73 Å². The number of benzene rings is 1. The van der Waals surface area contributed by atoms with Crippen LogP contribution in [0.4, 0.5) is 11.4 Å². The molecule has 4 N–H and O–H groups in total. The number of anilines is 1. The lowest BCUT2D eigenvalue weighted by Gasteiger charge is -2.06. The molecule has 0 fully saturated rings. The Morgan fingerprint density at radius 1 is 1.47 bits per heavy atom. The Hall–Kier alpha value is -1.67. The zero-order valence-electron chi connectivity index (χ0n) is 7.22. The average molecular weight is 243 g/mol. The van der Waals surface area contributed by atoms with Gasteiger partial charge in [0.15, 0.2) is 0 Å². The third kappa shape index (κ3) is 1.34. The first-order chi connectivity index (χ1) is 7.02. The highest BCUT2D eigenvalue weighted by molar-refractivity contribution is 7.78. The maximum atomic E-state index is 11.0. The molecule has 1 heterocycles. The van der Waals surface area contributed by atoms with E-state index in [1.807, 2.05) is 0 Å². The minimum absolute atomic E-state index is 0.0232. The second-order valence-corrected chi connectivity index (χ2v) is 4.98. The molecule has 1 aromatic carbocycles. The number of carbonyl (C=O) groups is 1. The normalized spacial score (nSPS) is 10.7. The highest BCUT2D eigenvalue weighted by Crippen LogP contribution is 2.42. The smallest absolute Gasteiger partial charge is 0.306 e. The monoisotopic (exact) mass is 243 g/mol. The van der Waals surface area contributed by atoms with Gasteiger partial charge in [0.2, 0.25) is 0 Å². The first-order valence-electron chi connectivity index (χ1n) is 3.77. The Kier molecular flexibility index (Phi) is 2.09. The Bertz CT molecular complexity index is 571. The standard InChI is InChI=1S/C7H5N3O3S2/c8-4-5(10(12)13)2(7(9)11)1-3-6(4)15-14-3/h1H,8H2,(H2,9,11). The number of hydrogen-bond acceptors (Lipinski definition) is 6. The molecule has 2 rings (SSSR count). The minimum atomic E-state index is -0.839. The molecule has 6 nitrogen and oxygen atoms in total. The number of carbonyl (C=O) groups excluding carboxylic acids is 1. The minimum Gasteiger partial charge on any atom is -0.392 e. The van der Waals surface area contributed by atoms with E-state index in [-0.39, 0.29) is 11.3 Å². The molecule has 0 saturated carbocycles. The van der Waals surface area contributed by atoms with Crippen molar-refractivity contribution in [3.63, 3.8) is 0 Å². The van der Waals surface area contributed by atoms with Crippen LogP contribution in [0.2, 0.25) is 0 Å². The summed E-state index contributed by atoms with van der Waals surface area (Å²) in [6, 6.07) is 1.41. The van der Waals surface area contributed by atoms with E-state index in [0.717, 1.165) is 4.70 Å². The van der Waals surface area contributed by atoms with E-state index in [0.29, 0.717) is 4.70 Å². The van der Waals surface area contributed by atoms with Crippen molar-refractivity contribution in [2.75, 3.05) is 5.73 Å². The van der Waals surface area contributed by atoms with Crippen molar-refractivity contribution in [3.8, 4) is 0 Å². The van der Waals surface area contributed by atoms with E-state index in [2.05, 4.69) is 0 Å². The average Bonchev–Trinajstić information content (AvgIpc) is 2.06. The van der Waals surface area contributed by atoms with Gasteiger partial charge in [-0.05, 0) is 6.07 Å². The van der Waals surface area contributed by atoms with E-state index in [1.54, 1.807) is 0 Å². The molecular formula is C7H5N3O3S2. The number of primary amides is 1. The molecule has 15 heavy (non-hydrogen) atoms. The highest BCUT2D eigenvalue weighted by Gasteiger charge is 2.26. The van der Waals surface area contributed by atoms with Gasteiger partial charge in [-0.3, -0.25) is 14.9 Å². The quantitative estimate of drug-likeness (QED) is 0.360. The summed E-state index contributed by atoms with van der Waals surface area (Å²) in [4.78, 5) is 21.1. The van der Waals surface area contributed by atoms with Gasteiger partial charge in [0.05, 0.1) is 14.3 Å². The fourth-order valence-corrected chi connectivity index (χ4v) is 3.22. The molecule has 0 saturated heterocycles. The largest absolute Gasteiger partial charge is 0.392 e. The number of nitro benzene ring substituents is 1. The van der Waals surface area contributed by atoms with Crippen LogP contribution < -0.4 is 11.5 Å². The number of nitrogen functional groups attached to an aromatic ring is 1. The van der Waals surface area contributed by atoms with Crippen molar-refractivity contribution < 1.29 is 9.72 Å². The van der Waals surface area contributed by atoms with Crippen LogP contribution in [0, 0.1) is 10.1 Å². The van der Waals surface area contributed by atoms with Crippen LogP contribution in [0.5, 0.6) is 0 Å². The molecule has 0 spiro atoms. The summed E-state index contributed by atoms with van der Waals surface area (Å²) >= 11 is 0. The van der Waals surface area contributed by atoms with Crippen LogP contribution in [-0.4, -0.2) is 10.8 Å². The molecule has 1 amide bonds. The van der Waals surface area contributed by atoms with Gasteiger partial charge in [0.25, 0.3) is 5.91 Å². The molecule has 8 heteroatoms. The van der Waals surface area contributed by atoms with E-state index in [1.165, 1.54) is 26.7 Å². The van der Waals surface area contributed by atoms with E-state index in [4.69, 9.17) is 11.5 Å². The molecule has 78 valence electrons. The molecule has 0 aliphatic carbocycles. The summed E-state index contributed by atoms with van der Waals surface area (Å²) in [5, 5.41) is 10.7. The second-order valence-electron chi connectivity index (χ2n) is 2.80. The van der Waals surface area contributed by atoms with Gasteiger partial charge >= 0.3 is 5.69 Å². The fraction of sp³-hybridized carbons (Fsp3) is 0. The fourth-order valence-electron chi connectivity index (χ4n) is 1.24. The second kappa shape index (κ2) is 3.17. The van der Waals surface area contributed by atoms with Crippen molar-refractivity contribution in [1.29, 1.82) is 0 Å². The van der Waals surface area contributed by atoms with Crippen LogP contribution in [0.15, 0.2) is 6.07 Å². The van der Waals surface area contributed by atoms with E-state index < -0.39 is 16.5 Å². The van der Waals surface area contributed by atoms with Crippen LogP contribution in [0.1, 0.15) is 10.4 Å². The number of fused-ring (bicyclic) bond motifs is 1. The molecule has 0 bridgehead atoms. The summed E-state index contributed by atoms with van der Waals surface area (Å²) in [7, 11) is 2.75. The first-order valence-corrected chi connectivity index (χ1v) is 5.92. The topological polar surface area (TPSA) is 112 Å². The van der Waals surface area contributed by atoms with Crippen LogP contribution in [-0.2, 0) is 0 Å². The molecule has 0 atom stereocenters. The van der Waals surface area contributed by atoms with Gasteiger partial charge in [-0.25, -0.2) is 0 Å². The molecule has 0 aliphatic rings. The van der Waals surface area contributed by atoms with Gasteiger partial charge in [0, 0.05) is 0 Å². The van der Waals surface area contributed by atoms with Gasteiger partial charge in [-0.2, -0.15) is 0 Å². The number of amides is 1. The van der Waals surface area contributed by atoms with Crippen molar-refractivity contribution >= 4 is 47.4 Å². The summed E-state index contributed by atoms with van der Waals surface area (Å²) in [5.74, 6) is -0.839. The molecule has 0 unspecified atom stereocenters. The zero-order chi connectivity index (χ0) is 11.2. The molecular weight excluding hydrogens is 238 g/mol. The molecule has 0 radical (unpaired) electrons. The number of hydrogen-bond donors (Lipinski definition) is 2. The SMILES string of the molecule is NC(=O)c1cc2ssc2c(N)c1[N+](=O)[O-]. The number of nitrogens with two attached hydrogens (primary N) is 2. The zero-order valence-corrected chi connectivity index (χ0v) is 8.85. The Morgan fingerprint density at radius 3 is 2.53 bits per heavy atom. The lowest BCUT2D eigenvalue weighted by atomic mass is 10.1. The Morgan fingerprint density at radius 2 is 2.13 bits per heavy atom. The summed E-state index contributed by atoms with van der Waals surface area (Å²) in [6.45, 7) is 0. The third-order valence-electron chi connectivity index (χ3n) is 1.92. The molecule has 0 aliphatic heterocycles. The van der Waals surface area contributed by atoms with Gasteiger partial charge in [-0.1, -0.05) is 20.7 Å². The van der Waals surface area contributed by atoms with Gasteiger partial charge < -0.3 is 11.5 Å². The molecule has 1 aromatic heterocycles. The van der Waals surface area contributed by atoms with Crippen molar-refractivity contribution in [1.82, 2.24) is 0 Å². The lowest BCUT2D eigenvalue weighted by Crippen LogP contribution is -2.14. The predicted molar refractivity (Wildman–Crippen MR) is 59.3 cm³/mol. The number of rotatable bonds is 2. The number of nitro groups is 1. The van der Waals surface area contributed by atoms with Crippen LogP contribution in [0.3, 0.4) is 0 Å². The van der Waals surface area contributed by atoms with Crippen LogP contribution >= 0.6 is 20.7 Å². The van der Waals surface area contributed by atoms with Crippen LogP contribution in [0.25, 0.3) is 9.40 Å². The first kappa shape index (κ1) is 9.87. The summed E-state index contributed by atoms with van der Waals surface area (Å²) in [5.41, 5.74) is 10.1. The lowest BCUT2D eigenvalue weighted by molar-refractivity contribution is -0.384. The predicted octanol–water partition coefficient (Wildman–Crippen LogP) is 1.55. The van der Waals surface area contributed by atoms with E-state index >= 15 is 0 Å². The maximum absolute atomic E-state index is 11.0. The van der Waals surface area contributed by atoms with Crippen molar-refractivity contribution in [3.05, 3.63) is 21.7 Å². The summed E-state index contributed by atoms with van der Waals surface area (Å²) in [6.07, 6.45) is 0. The maximum Gasteiger partial charge on any atom is 0.306 e. The van der Waals surface area contributed by atoms with E-state index in [9.17, 15) is 14.9 Å². The molecule has 2 aromatic rings.